The Hall–Kier alpha value is -0.890. The van der Waals surface area contributed by atoms with Crippen LogP contribution in [0.2, 0.25) is 0 Å². The van der Waals surface area contributed by atoms with Gasteiger partial charge in [0.2, 0.25) is 0 Å². The molecule has 0 radical (unpaired) electrons. The fourth-order valence-corrected chi connectivity index (χ4v) is 2.58. The van der Waals surface area contributed by atoms with Crippen molar-refractivity contribution < 1.29 is 4.79 Å². The number of ketones is 1. The molecule has 0 bridgehead atoms. The summed E-state index contributed by atoms with van der Waals surface area (Å²) in [5.74, 6) is 0.0496. The zero-order chi connectivity index (χ0) is 10.7. The first-order valence-electron chi connectivity index (χ1n) is 4.34. The van der Waals surface area contributed by atoms with Gasteiger partial charge in [0, 0.05) is 9.13 Å². The zero-order valence-corrected chi connectivity index (χ0v) is 10.3. The van der Waals surface area contributed by atoms with Gasteiger partial charge in [-0.2, -0.15) is 5.26 Å². The Morgan fingerprint density at radius 3 is 2.64 bits per heavy atom. The molecule has 72 valence electrons. The summed E-state index contributed by atoms with van der Waals surface area (Å²) in [4.78, 5) is 11.2. The molecule has 1 rings (SSSR count). The molecule has 1 aromatic rings. The first-order chi connectivity index (χ1) is 6.61. The number of carbonyl (C=O) groups is 1. The second-order valence-electron chi connectivity index (χ2n) is 2.97. The Morgan fingerprint density at radius 2 is 2.21 bits per heavy atom. The number of halogens is 1. The second kappa shape index (κ2) is 4.56. The molecule has 3 heteroatoms. The van der Waals surface area contributed by atoms with Crippen molar-refractivity contribution in [3.8, 4) is 6.07 Å². The van der Waals surface area contributed by atoms with E-state index >= 15 is 0 Å². The molecule has 0 aliphatic carbocycles. The smallest absolute Gasteiger partial charge is 0.160 e. The summed E-state index contributed by atoms with van der Waals surface area (Å²) in [5.41, 5.74) is 2.35. The summed E-state index contributed by atoms with van der Waals surface area (Å²) in [6, 6.07) is 5.58. The molecule has 0 saturated carbocycles. The minimum absolute atomic E-state index is 0.0496. The van der Waals surface area contributed by atoms with Crippen LogP contribution in [-0.4, -0.2) is 5.78 Å². The zero-order valence-electron chi connectivity index (χ0n) is 8.10. The average Bonchev–Trinajstić information content (AvgIpc) is 2.16. The van der Waals surface area contributed by atoms with E-state index < -0.39 is 0 Å². The molecule has 0 saturated heterocycles. The van der Waals surface area contributed by atoms with Crippen LogP contribution in [0.5, 0.6) is 0 Å². The summed E-state index contributed by atoms with van der Waals surface area (Å²) in [7, 11) is 0. The van der Waals surface area contributed by atoms with Crippen LogP contribution < -0.4 is 0 Å². The maximum Gasteiger partial charge on any atom is 0.160 e. The van der Waals surface area contributed by atoms with Gasteiger partial charge < -0.3 is 0 Å². The van der Waals surface area contributed by atoms with Crippen molar-refractivity contribution in [2.24, 2.45) is 0 Å². The van der Waals surface area contributed by atoms with Crippen LogP contribution in [0.4, 0.5) is 0 Å². The van der Waals surface area contributed by atoms with Crippen LogP contribution in [0.1, 0.15) is 35.3 Å². The maximum absolute atomic E-state index is 11.2. The molecule has 14 heavy (non-hydrogen) atoms. The molecular weight excluding hydrogens is 289 g/mol. The SMILES string of the molecule is CCc1c(C#N)ccc(C(C)=O)c1I. The van der Waals surface area contributed by atoms with Crippen LogP contribution in [0.15, 0.2) is 12.1 Å². The molecule has 0 fully saturated rings. The highest BCUT2D eigenvalue weighted by molar-refractivity contribution is 14.1. The highest BCUT2D eigenvalue weighted by Gasteiger charge is 2.11. The number of nitrogens with zero attached hydrogens (tertiary/aromatic N) is 1. The van der Waals surface area contributed by atoms with Gasteiger partial charge in [-0.3, -0.25) is 4.79 Å². The molecule has 0 unspecified atom stereocenters. The Morgan fingerprint density at radius 1 is 1.57 bits per heavy atom. The standard InChI is InChI=1S/C11H10INO/c1-3-9-8(6-13)4-5-10(7(2)14)11(9)12/h4-5H,3H2,1-2H3. The number of benzene rings is 1. The lowest BCUT2D eigenvalue weighted by atomic mass is 10.0. The van der Waals surface area contributed by atoms with Gasteiger partial charge in [0.25, 0.3) is 0 Å². The maximum atomic E-state index is 11.2. The Kier molecular flexibility index (Phi) is 3.64. The topological polar surface area (TPSA) is 40.9 Å². The van der Waals surface area contributed by atoms with Gasteiger partial charge in [0.05, 0.1) is 11.6 Å². The highest BCUT2D eigenvalue weighted by Crippen LogP contribution is 2.22. The molecule has 0 atom stereocenters. The van der Waals surface area contributed by atoms with E-state index in [0.29, 0.717) is 11.1 Å². The Labute approximate surface area is 97.1 Å². The van der Waals surface area contributed by atoms with Crippen LogP contribution in [-0.2, 0) is 6.42 Å². The monoisotopic (exact) mass is 299 g/mol. The largest absolute Gasteiger partial charge is 0.294 e. The van der Waals surface area contributed by atoms with Gasteiger partial charge in [-0.05, 0) is 53.6 Å². The Balaban J connectivity index is 3.44. The predicted octanol–water partition coefficient (Wildman–Crippen LogP) is 2.93. The molecule has 0 aliphatic heterocycles. The van der Waals surface area contributed by atoms with Crippen LogP contribution in [0, 0.1) is 14.9 Å². The minimum atomic E-state index is 0.0496. The van der Waals surface area contributed by atoms with E-state index in [0.717, 1.165) is 15.6 Å². The molecule has 0 N–H and O–H groups in total. The lowest BCUT2D eigenvalue weighted by Gasteiger charge is -2.07. The highest BCUT2D eigenvalue weighted by atomic mass is 127. The molecular formula is C11H10INO. The lowest BCUT2D eigenvalue weighted by Crippen LogP contribution is -2.02. The van der Waals surface area contributed by atoms with Gasteiger partial charge in [-0.1, -0.05) is 6.92 Å². The van der Waals surface area contributed by atoms with E-state index in [9.17, 15) is 4.79 Å². The number of carbonyl (C=O) groups excluding carboxylic acids is 1. The predicted molar refractivity (Wildman–Crippen MR) is 63.3 cm³/mol. The third-order valence-corrected chi connectivity index (χ3v) is 3.33. The molecule has 0 spiro atoms. The molecule has 0 aromatic heterocycles. The average molecular weight is 299 g/mol. The van der Waals surface area contributed by atoms with Crippen molar-refractivity contribution in [2.45, 2.75) is 20.3 Å². The summed E-state index contributed by atoms with van der Waals surface area (Å²) in [5, 5.41) is 8.87. The molecule has 1 aromatic carbocycles. The third kappa shape index (κ3) is 1.95. The number of hydrogen-bond donors (Lipinski definition) is 0. The van der Waals surface area contributed by atoms with E-state index in [1.54, 1.807) is 19.1 Å². The van der Waals surface area contributed by atoms with Gasteiger partial charge in [0.15, 0.2) is 5.78 Å². The van der Waals surface area contributed by atoms with Crippen molar-refractivity contribution in [1.82, 2.24) is 0 Å². The summed E-state index contributed by atoms with van der Waals surface area (Å²) in [6.45, 7) is 3.53. The van der Waals surface area contributed by atoms with Crippen molar-refractivity contribution in [1.29, 1.82) is 5.26 Å². The first-order valence-corrected chi connectivity index (χ1v) is 5.42. The summed E-state index contributed by atoms with van der Waals surface area (Å²) in [6.07, 6.45) is 0.780. The van der Waals surface area contributed by atoms with Gasteiger partial charge in [-0.25, -0.2) is 0 Å². The van der Waals surface area contributed by atoms with E-state index in [1.165, 1.54) is 0 Å². The molecule has 0 aliphatic rings. The normalized spacial score (nSPS) is 9.57. The first kappa shape index (κ1) is 11.2. The van der Waals surface area contributed by atoms with Crippen molar-refractivity contribution >= 4 is 28.4 Å². The fraction of sp³-hybridized carbons (Fsp3) is 0.273. The molecule has 2 nitrogen and oxygen atoms in total. The van der Waals surface area contributed by atoms with Gasteiger partial charge >= 0.3 is 0 Å². The van der Waals surface area contributed by atoms with Crippen LogP contribution in [0.25, 0.3) is 0 Å². The van der Waals surface area contributed by atoms with E-state index in [2.05, 4.69) is 28.7 Å². The van der Waals surface area contributed by atoms with Crippen LogP contribution >= 0.6 is 22.6 Å². The minimum Gasteiger partial charge on any atom is -0.294 e. The van der Waals surface area contributed by atoms with E-state index in [1.807, 2.05) is 6.92 Å². The van der Waals surface area contributed by atoms with Gasteiger partial charge in [-0.15, -0.1) is 0 Å². The van der Waals surface area contributed by atoms with E-state index in [4.69, 9.17) is 5.26 Å². The number of Topliss-reactive ketones (excluding diaryl/α,β-unsaturated/α-hetero) is 1. The second-order valence-corrected chi connectivity index (χ2v) is 4.05. The van der Waals surface area contributed by atoms with Crippen molar-refractivity contribution in [2.75, 3.05) is 0 Å². The van der Waals surface area contributed by atoms with Crippen molar-refractivity contribution in [3.05, 3.63) is 32.4 Å². The van der Waals surface area contributed by atoms with Crippen molar-refractivity contribution in [3.63, 3.8) is 0 Å². The lowest BCUT2D eigenvalue weighted by molar-refractivity contribution is 0.101. The quantitative estimate of drug-likeness (QED) is 0.622. The fourth-order valence-electron chi connectivity index (χ4n) is 1.34. The van der Waals surface area contributed by atoms with Gasteiger partial charge in [0.1, 0.15) is 0 Å². The summed E-state index contributed by atoms with van der Waals surface area (Å²) >= 11 is 2.13. The number of rotatable bonds is 2. The Bertz CT molecular complexity index is 418. The number of hydrogen-bond acceptors (Lipinski definition) is 2. The number of nitriles is 1. The van der Waals surface area contributed by atoms with Crippen LogP contribution in [0.3, 0.4) is 0 Å². The third-order valence-electron chi connectivity index (χ3n) is 2.10. The van der Waals surface area contributed by atoms with E-state index in [-0.39, 0.29) is 5.78 Å². The molecule has 0 amide bonds. The summed E-state index contributed by atoms with van der Waals surface area (Å²) < 4.78 is 0.914. The molecule has 0 heterocycles.